The van der Waals surface area contributed by atoms with Gasteiger partial charge >= 0.3 is 13.2 Å². The SMILES string of the molecule is O=C(C(=O)c1cccc(Br)c1)c1ccc(OC(F)F)cc1.O=C(C(=O)c1cccc(C#CCO)c1)c1ccc(OC(F)F)cc1. The number of ketones is 4. The van der Waals surface area contributed by atoms with Crippen LogP contribution in [0.25, 0.3) is 0 Å². The van der Waals surface area contributed by atoms with Gasteiger partial charge in [0.15, 0.2) is 0 Å². The van der Waals surface area contributed by atoms with Crippen LogP contribution in [0.5, 0.6) is 11.5 Å². The lowest BCUT2D eigenvalue weighted by molar-refractivity contribution is -0.0505. The Hall–Kier alpha value is -5.12. The summed E-state index contributed by atoms with van der Waals surface area (Å²) in [4.78, 5) is 48.5. The second-order valence-electron chi connectivity index (χ2n) is 8.67. The van der Waals surface area contributed by atoms with E-state index in [1.54, 1.807) is 24.3 Å². The molecule has 0 saturated carbocycles. The molecule has 0 spiro atoms. The molecule has 0 heterocycles. The third-order valence-corrected chi connectivity index (χ3v) is 6.11. The average Bonchev–Trinajstić information content (AvgIpc) is 3.03. The van der Waals surface area contributed by atoms with E-state index < -0.39 is 36.4 Å². The maximum absolute atomic E-state index is 12.2. The normalized spacial score (nSPS) is 10.2. The second kappa shape index (κ2) is 16.7. The van der Waals surface area contributed by atoms with Crippen LogP contribution in [0.15, 0.2) is 102 Å². The van der Waals surface area contributed by atoms with Crippen LogP contribution in [0.3, 0.4) is 0 Å². The largest absolute Gasteiger partial charge is 0.435 e. The minimum atomic E-state index is -2.96. The third-order valence-electron chi connectivity index (χ3n) is 5.62. The fourth-order valence-electron chi connectivity index (χ4n) is 3.61. The van der Waals surface area contributed by atoms with E-state index in [-0.39, 0.29) is 40.4 Å². The first-order valence-electron chi connectivity index (χ1n) is 12.7. The molecule has 0 aliphatic carbocycles. The number of aliphatic hydroxyl groups is 1. The highest BCUT2D eigenvalue weighted by atomic mass is 79.9. The number of halogens is 5. The highest BCUT2D eigenvalue weighted by Gasteiger charge is 2.20. The molecule has 0 aliphatic rings. The van der Waals surface area contributed by atoms with E-state index >= 15 is 0 Å². The van der Waals surface area contributed by atoms with Gasteiger partial charge in [0.05, 0.1) is 0 Å². The Morgan fingerprint density at radius 2 is 1.04 bits per heavy atom. The lowest BCUT2D eigenvalue weighted by Gasteiger charge is -2.05. The van der Waals surface area contributed by atoms with Gasteiger partial charge in [-0.15, -0.1) is 0 Å². The van der Waals surface area contributed by atoms with Gasteiger partial charge in [-0.05, 0) is 72.8 Å². The summed E-state index contributed by atoms with van der Waals surface area (Å²) in [6.07, 6.45) is 0. The Kier molecular flexibility index (Phi) is 12.7. The van der Waals surface area contributed by atoms with Gasteiger partial charge in [0.2, 0.25) is 23.1 Å². The van der Waals surface area contributed by atoms with Crippen LogP contribution >= 0.6 is 15.9 Å². The molecular weight excluding hydrogens is 664 g/mol. The highest BCUT2D eigenvalue weighted by molar-refractivity contribution is 9.10. The van der Waals surface area contributed by atoms with Crippen LogP contribution in [0.2, 0.25) is 0 Å². The van der Waals surface area contributed by atoms with Gasteiger partial charge < -0.3 is 14.6 Å². The average molecular weight is 685 g/mol. The number of rotatable bonds is 10. The molecule has 7 nitrogen and oxygen atoms in total. The van der Waals surface area contributed by atoms with Crippen molar-refractivity contribution in [1.29, 1.82) is 0 Å². The molecular formula is C33H21BrF4O7. The van der Waals surface area contributed by atoms with Gasteiger partial charge in [-0.25, -0.2) is 0 Å². The fourth-order valence-corrected chi connectivity index (χ4v) is 4.01. The van der Waals surface area contributed by atoms with E-state index in [2.05, 4.69) is 37.2 Å². The van der Waals surface area contributed by atoms with Crippen molar-refractivity contribution in [2.75, 3.05) is 6.61 Å². The van der Waals surface area contributed by atoms with Crippen LogP contribution in [-0.4, -0.2) is 48.1 Å². The first-order valence-corrected chi connectivity index (χ1v) is 13.5. The molecule has 0 fully saturated rings. The van der Waals surface area contributed by atoms with Gasteiger partial charge in [0.25, 0.3) is 0 Å². The van der Waals surface area contributed by atoms with Gasteiger partial charge in [-0.2, -0.15) is 17.6 Å². The van der Waals surface area contributed by atoms with Crippen molar-refractivity contribution < 1.29 is 51.3 Å². The summed E-state index contributed by atoms with van der Waals surface area (Å²) in [6.45, 7) is -6.21. The molecule has 0 atom stereocenters. The lowest BCUT2D eigenvalue weighted by Crippen LogP contribution is -2.14. The Labute approximate surface area is 262 Å². The van der Waals surface area contributed by atoms with Crippen LogP contribution in [-0.2, 0) is 0 Å². The summed E-state index contributed by atoms with van der Waals surface area (Å²) in [5.41, 5.74) is 1.07. The van der Waals surface area contributed by atoms with Gasteiger partial charge in [0, 0.05) is 32.3 Å². The quantitative estimate of drug-likeness (QED) is 0.0846. The Morgan fingerprint density at radius 1 is 0.622 bits per heavy atom. The summed E-state index contributed by atoms with van der Waals surface area (Å²) in [7, 11) is 0. The molecule has 230 valence electrons. The summed E-state index contributed by atoms with van der Waals surface area (Å²) >= 11 is 3.22. The van der Waals surface area contributed by atoms with Crippen LogP contribution in [0.4, 0.5) is 17.6 Å². The molecule has 45 heavy (non-hydrogen) atoms. The zero-order chi connectivity index (χ0) is 32.9. The van der Waals surface area contributed by atoms with Crippen molar-refractivity contribution in [3.8, 4) is 23.3 Å². The smallest absolute Gasteiger partial charge is 0.387 e. The molecule has 0 unspecified atom stereocenters. The minimum absolute atomic E-state index is 0.0634. The van der Waals surface area contributed by atoms with E-state index in [4.69, 9.17) is 5.11 Å². The van der Waals surface area contributed by atoms with Crippen molar-refractivity contribution >= 4 is 39.1 Å². The number of alkyl halides is 4. The molecule has 0 radical (unpaired) electrons. The van der Waals surface area contributed by atoms with E-state index in [0.717, 1.165) is 0 Å². The zero-order valence-electron chi connectivity index (χ0n) is 22.9. The number of benzene rings is 4. The predicted molar refractivity (Wildman–Crippen MR) is 158 cm³/mol. The summed E-state index contributed by atoms with van der Waals surface area (Å²) in [5, 5.41) is 8.67. The molecule has 4 rings (SSSR count). The van der Waals surface area contributed by atoms with Crippen LogP contribution in [0.1, 0.15) is 47.0 Å². The second-order valence-corrected chi connectivity index (χ2v) is 9.59. The van der Waals surface area contributed by atoms with Crippen LogP contribution < -0.4 is 9.47 Å². The third kappa shape index (κ3) is 10.5. The molecule has 1 N–H and O–H groups in total. The van der Waals surface area contributed by atoms with E-state index in [9.17, 15) is 36.7 Å². The van der Waals surface area contributed by atoms with Crippen molar-refractivity contribution in [3.63, 3.8) is 0 Å². The molecule has 12 heteroatoms. The topological polar surface area (TPSA) is 107 Å². The monoisotopic (exact) mass is 684 g/mol. The number of hydrogen-bond acceptors (Lipinski definition) is 7. The number of aliphatic hydroxyl groups excluding tert-OH is 1. The number of Topliss-reactive ketones (excluding diaryl/α,β-unsaturated/α-hetero) is 4. The Balaban J connectivity index is 0.000000248. The molecule has 0 bridgehead atoms. The van der Waals surface area contributed by atoms with Gasteiger partial charge in [0.1, 0.15) is 18.1 Å². The maximum Gasteiger partial charge on any atom is 0.387 e. The first kappa shape index (κ1) is 34.4. The summed E-state index contributed by atoms with van der Waals surface area (Å²) < 4.78 is 57.2. The standard InChI is InChI=1S/C18H12F2O4.C15H9BrF2O3/c19-18(20)24-15-8-6-13(7-9-15)16(22)17(23)14-5-1-3-12(11-14)4-2-10-21;16-11-3-1-2-10(8-11)14(20)13(19)9-4-6-12(7-5-9)21-15(17)18/h1,3,5-9,11,18,21H,10H2;1-8,15H. The Morgan fingerprint density at radius 3 is 1.47 bits per heavy atom. The van der Waals surface area contributed by atoms with Gasteiger partial charge in [-0.3, -0.25) is 19.2 Å². The molecule has 4 aromatic carbocycles. The molecule has 0 amide bonds. The molecule has 4 aromatic rings. The lowest BCUT2D eigenvalue weighted by atomic mass is 10.00. The fraction of sp³-hybridized carbons (Fsp3) is 0.0909. The van der Waals surface area contributed by atoms with Crippen LogP contribution in [0, 0.1) is 11.8 Å². The molecule has 0 saturated heterocycles. The van der Waals surface area contributed by atoms with E-state index in [1.807, 2.05) is 0 Å². The van der Waals surface area contributed by atoms with Crippen molar-refractivity contribution in [2.45, 2.75) is 13.2 Å². The number of carbonyl (C=O) groups excluding carboxylic acids is 4. The Bertz CT molecular complexity index is 1730. The van der Waals surface area contributed by atoms with Crippen molar-refractivity contribution in [3.05, 3.63) is 129 Å². The summed E-state index contributed by atoms with van der Waals surface area (Å²) in [5.74, 6) is 2.02. The van der Waals surface area contributed by atoms with Crippen molar-refractivity contribution in [2.24, 2.45) is 0 Å². The zero-order valence-corrected chi connectivity index (χ0v) is 24.5. The maximum atomic E-state index is 12.2. The molecule has 0 aliphatic heterocycles. The predicted octanol–water partition coefficient (Wildman–Crippen LogP) is 6.81. The minimum Gasteiger partial charge on any atom is -0.435 e. The highest BCUT2D eigenvalue weighted by Crippen LogP contribution is 2.19. The number of ether oxygens (including phenoxy) is 2. The summed E-state index contributed by atoms with van der Waals surface area (Å²) in [6, 6.07) is 22.4. The van der Waals surface area contributed by atoms with E-state index in [1.165, 1.54) is 72.8 Å². The van der Waals surface area contributed by atoms with Gasteiger partial charge in [-0.1, -0.05) is 52.0 Å². The molecule has 0 aromatic heterocycles. The number of hydrogen-bond donors (Lipinski definition) is 1. The first-order chi connectivity index (χ1) is 21.5. The van der Waals surface area contributed by atoms with E-state index in [0.29, 0.717) is 10.0 Å². The number of carbonyl (C=O) groups is 4. The van der Waals surface area contributed by atoms with Crippen molar-refractivity contribution in [1.82, 2.24) is 0 Å².